The Kier molecular flexibility index (Phi) is 7.48. The predicted molar refractivity (Wildman–Crippen MR) is 101 cm³/mol. The second-order valence-electron chi connectivity index (χ2n) is 7.66. The van der Waals surface area contributed by atoms with E-state index in [-0.39, 0.29) is 19.4 Å². The van der Waals surface area contributed by atoms with Crippen LogP contribution >= 0.6 is 0 Å². The molecule has 0 heterocycles. The van der Waals surface area contributed by atoms with Crippen LogP contribution in [0.15, 0.2) is 24.3 Å². The van der Waals surface area contributed by atoms with Crippen LogP contribution in [0.3, 0.4) is 0 Å². The first-order valence-corrected chi connectivity index (χ1v) is 8.98. The number of ether oxygens (including phenoxy) is 2. The van der Waals surface area contributed by atoms with Crippen molar-refractivity contribution >= 4 is 12.1 Å². The molecule has 1 unspecified atom stereocenters. The molecule has 0 bridgehead atoms. The quantitative estimate of drug-likeness (QED) is 0.716. The molecule has 0 aliphatic rings. The molecule has 1 aromatic rings. The summed E-state index contributed by atoms with van der Waals surface area (Å²) in [5.74, 6) is -0.230. The molecular formula is C20H31NO5. The number of carbonyl (C=O) groups is 2. The number of alkyl carbamates (subject to hydrolysis) is 1. The van der Waals surface area contributed by atoms with Gasteiger partial charge in [0.2, 0.25) is 5.60 Å². The van der Waals surface area contributed by atoms with Gasteiger partial charge in [0, 0.05) is 13.0 Å². The van der Waals surface area contributed by atoms with Crippen molar-refractivity contribution in [3.63, 3.8) is 0 Å². The van der Waals surface area contributed by atoms with Gasteiger partial charge in [-0.1, -0.05) is 32.9 Å². The lowest BCUT2D eigenvalue weighted by molar-refractivity contribution is -0.156. The highest BCUT2D eigenvalue weighted by Gasteiger charge is 2.39. The van der Waals surface area contributed by atoms with Gasteiger partial charge in [-0.2, -0.15) is 0 Å². The van der Waals surface area contributed by atoms with Crippen molar-refractivity contribution in [1.29, 1.82) is 0 Å². The predicted octanol–water partition coefficient (Wildman–Crippen LogP) is 4.34. The fourth-order valence-electron chi connectivity index (χ4n) is 2.45. The summed E-state index contributed by atoms with van der Waals surface area (Å²) in [6.45, 7) is 11.3. The van der Waals surface area contributed by atoms with Crippen LogP contribution in [0, 0.1) is 0 Å². The molecule has 1 atom stereocenters. The minimum Gasteiger partial charge on any atom is -0.478 e. The Balaban J connectivity index is 2.83. The van der Waals surface area contributed by atoms with E-state index < -0.39 is 23.3 Å². The Hall–Kier alpha value is -2.24. The number of carbonyl (C=O) groups excluding carboxylic acids is 1. The van der Waals surface area contributed by atoms with Gasteiger partial charge >= 0.3 is 12.1 Å². The zero-order valence-corrected chi connectivity index (χ0v) is 16.6. The maximum atomic E-state index is 11.9. The molecular weight excluding hydrogens is 334 g/mol. The molecule has 0 aliphatic carbocycles. The molecule has 1 aromatic carbocycles. The topological polar surface area (TPSA) is 84.9 Å². The van der Waals surface area contributed by atoms with Gasteiger partial charge in [0.1, 0.15) is 11.4 Å². The number of carboxylic acid groups (broad SMARTS) is 1. The SMILES string of the molecule is CCC(CCNC(=O)OC(C)(C)C)(Oc1cccc(C(C)C)c1)C(=O)O. The van der Waals surface area contributed by atoms with E-state index >= 15 is 0 Å². The summed E-state index contributed by atoms with van der Waals surface area (Å²) in [7, 11) is 0. The Morgan fingerprint density at radius 3 is 2.38 bits per heavy atom. The Morgan fingerprint density at radius 2 is 1.88 bits per heavy atom. The molecule has 0 aliphatic heterocycles. The van der Waals surface area contributed by atoms with Crippen molar-refractivity contribution in [2.24, 2.45) is 0 Å². The van der Waals surface area contributed by atoms with Gasteiger partial charge < -0.3 is 19.9 Å². The van der Waals surface area contributed by atoms with Crippen LogP contribution in [-0.2, 0) is 9.53 Å². The van der Waals surface area contributed by atoms with E-state index in [1.807, 2.05) is 18.2 Å². The van der Waals surface area contributed by atoms with E-state index in [9.17, 15) is 14.7 Å². The monoisotopic (exact) mass is 365 g/mol. The normalized spacial score (nSPS) is 13.8. The van der Waals surface area contributed by atoms with E-state index in [1.165, 1.54) is 0 Å². The maximum absolute atomic E-state index is 11.9. The van der Waals surface area contributed by atoms with Gasteiger partial charge in [-0.15, -0.1) is 0 Å². The molecule has 0 spiro atoms. The molecule has 6 nitrogen and oxygen atoms in total. The third kappa shape index (κ3) is 6.58. The Bertz CT molecular complexity index is 621. The molecule has 146 valence electrons. The Labute approximate surface area is 155 Å². The minimum atomic E-state index is -1.41. The lowest BCUT2D eigenvalue weighted by atomic mass is 9.95. The summed E-state index contributed by atoms with van der Waals surface area (Å²) in [6, 6.07) is 7.45. The third-order valence-electron chi connectivity index (χ3n) is 4.00. The fourth-order valence-corrected chi connectivity index (χ4v) is 2.45. The molecule has 6 heteroatoms. The smallest absolute Gasteiger partial charge is 0.407 e. The van der Waals surface area contributed by atoms with E-state index in [1.54, 1.807) is 33.8 Å². The second-order valence-corrected chi connectivity index (χ2v) is 7.66. The van der Waals surface area contributed by atoms with Crippen molar-refractivity contribution in [3.05, 3.63) is 29.8 Å². The first kappa shape index (κ1) is 21.8. The molecule has 1 rings (SSSR count). The number of aliphatic carboxylic acids is 1. The zero-order chi connectivity index (χ0) is 20.0. The van der Waals surface area contributed by atoms with Crippen molar-refractivity contribution < 1.29 is 24.2 Å². The summed E-state index contributed by atoms with van der Waals surface area (Å²) >= 11 is 0. The van der Waals surface area contributed by atoms with Crippen LogP contribution in [0.25, 0.3) is 0 Å². The highest BCUT2D eigenvalue weighted by molar-refractivity contribution is 5.78. The first-order chi connectivity index (χ1) is 12.0. The minimum absolute atomic E-state index is 0.129. The maximum Gasteiger partial charge on any atom is 0.407 e. The van der Waals surface area contributed by atoms with Crippen LogP contribution in [-0.4, -0.2) is 34.9 Å². The number of carboxylic acids is 1. The molecule has 0 saturated carbocycles. The van der Waals surface area contributed by atoms with E-state index in [0.717, 1.165) is 5.56 Å². The number of hydrogen-bond acceptors (Lipinski definition) is 4. The molecule has 0 fully saturated rings. The molecule has 0 radical (unpaired) electrons. The fraction of sp³-hybridized carbons (Fsp3) is 0.600. The van der Waals surface area contributed by atoms with Crippen molar-refractivity contribution in [2.75, 3.05) is 6.54 Å². The van der Waals surface area contributed by atoms with Crippen molar-refractivity contribution in [1.82, 2.24) is 5.32 Å². The zero-order valence-electron chi connectivity index (χ0n) is 16.6. The van der Waals surface area contributed by atoms with E-state index in [4.69, 9.17) is 9.47 Å². The van der Waals surface area contributed by atoms with Gasteiger partial charge in [0.15, 0.2) is 0 Å². The molecule has 0 aromatic heterocycles. The number of rotatable bonds is 8. The van der Waals surface area contributed by atoms with Crippen LogP contribution in [0.4, 0.5) is 4.79 Å². The van der Waals surface area contributed by atoms with E-state index in [0.29, 0.717) is 11.7 Å². The van der Waals surface area contributed by atoms with Gasteiger partial charge in [-0.25, -0.2) is 9.59 Å². The average molecular weight is 365 g/mol. The van der Waals surface area contributed by atoms with Crippen LogP contribution in [0.1, 0.15) is 65.9 Å². The van der Waals surface area contributed by atoms with Crippen LogP contribution < -0.4 is 10.1 Å². The number of hydrogen-bond donors (Lipinski definition) is 2. The van der Waals surface area contributed by atoms with Crippen molar-refractivity contribution in [2.45, 2.75) is 71.5 Å². The number of nitrogens with one attached hydrogen (secondary N) is 1. The standard InChI is InChI=1S/C20H31NO5/c1-7-20(17(22)23,11-12-21-18(24)26-19(4,5)6)25-16-10-8-9-15(13-16)14(2)3/h8-10,13-14H,7,11-12H2,1-6H3,(H,21,24)(H,22,23). The lowest BCUT2D eigenvalue weighted by Crippen LogP contribution is -2.47. The van der Waals surface area contributed by atoms with Gasteiger partial charge in [-0.05, 0) is 50.8 Å². The average Bonchev–Trinajstić information content (AvgIpc) is 2.52. The highest BCUT2D eigenvalue weighted by Crippen LogP contribution is 2.27. The molecule has 0 saturated heterocycles. The summed E-state index contributed by atoms with van der Waals surface area (Å²) < 4.78 is 11.1. The number of benzene rings is 1. The molecule has 26 heavy (non-hydrogen) atoms. The molecule has 2 N–H and O–H groups in total. The summed E-state index contributed by atoms with van der Waals surface area (Å²) in [5, 5.41) is 12.3. The van der Waals surface area contributed by atoms with Gasteiger partial charge in [0.25, 0.3) is 0 Å². The summed E-state index contributed by atoms with van der Waals surface area (Å²) in [4.78, 5) is 23.7. The summed E-state index contributed by atoms with van der Waals surface area (Å²) in [5.41, 5.74) is -0.943. The third-order valence-corrected chi connectivity index (χ3v) is 4.00. The number of amides is 1. The van der Waals surface area contributed by atoms with E-state index in [2.05, 4.69) is 19.2 Å². The van der Waals surface area contributed by atoms with Crippen molar-refractivity contribution in [3.8, 4) is 5.75 Å². The molecule has 1 amide bonds. The van der Waals surface area contributed by atoms with Crippen LogP contribution in [0.5, 0.6) is 5.75 Å². The van der Waals surface area contributed by atoms with Gasteiger partial charge in [-0.3, -0.25) is 0 Å². The second kappa shape index (κ2) is 8.92. The first-order valence-electron chi connectivity index (χ1n) is 8.98. The summed E-state index contributed by atoms with van der Waals surface area (Å²) in [6.07, 6.45) is -0.177. The lowest BCUT2D eigenvalue weighted by Gasteiger charge is -2.30. The largest absolute Gasteiger partial charge is 0.478 e. The highest BCUT2D eigenvalue weighted by atomic mass is 16.6. The van der Waals surface area contributed by atoms with Crippen LogP contribution in [0.2, 0.25) is 0 Å². The van der Waals surface area contributed by atoms with Gasteiger partial charge in [0.05, 0.1) is 0 Å². The Morgan fingerprint density at radius 1 is 1.23 bits per heavy atom.